The largest absolute Gasteiger partial charge is 0.507 e. The number of rotatable bonds is 2. The smallest absolute Gasteiger partial charge is 0.323 e. The van der Waals surface area contributed by atoms with E-state index in [1.165, 1.54) is 4.57 Å². The fourth-order valence-electron chi connectivity index (χ4n) is 2.45. The molecule has 0 aliphatic heterocycles. The number of carbonyl (C=O) groups excluding carboxylic acids is 1. The Bertz CT molecular complexity index is 837. The van der Waals surface area contributed by atoms with Crippen molar-refractivity contribution in [2.24, 2.45) is 5.73 Å². The van der Waals surface area contributed by atoms with E-state index in [1.807, 2.05) is 12.1 Å². The zero-order valence-corrected chi connectivity index (χ0v) is 11.4. The summed E-state index contributed by atoms with van der Waals surface area (Å²) >= 11 is 0. The first-order valence-electron chi connectivity index (χ1n) is 6.39. The highest BCUT2D eigenvalue weighted by atomic mass is 16.5. The molecule has 3 rings (SSSR count). The van der Waals surface area contributed by atoms with Gasteiger partial charge in [-0.3, -0.25) is 4.57 Å². The van der Waals surface area contributed by atoms with Gasteiger partial charge >= 0.3 is 6.03 Å². The fraction of sp³-hybridized carbons (Fsp3) is 0.0625. The van der Waals surface area contributed by atoms with E-state index in [4.69, 9.17) is 10.5 Å². The van der Waals surface area contributed by atoms with Crippen molar-refractivity contribution < 1.29 is 14.6 Å². The van der Waals surface area contributed by atoms with Gasteiger partial charge in [-0.25, -0.2) is 4.79 Å². The molecule has 0 radical (unpaired) electrons. The molecule has 5 nitrogen and oxygen atoms in total. The Labute approximate surface area is 121 Å². The van der Waals surface area contributed by atoms with E-state index in [9.17, 15) is 9.90 Å². The first-order valence-corrected chi connectivity index (χ1v) is 6.39. The second kappa shape index (κ2) is 4.86. The molecule has 0 bridgehead atoms. The van der Waals surface area contributed by atoms with Crippen LogP contribution in [-0.2, 0) is 0 Å². The molecule has 106 valence electrons. The van der Waals surface area contributed by atoms with Crippen molar-refractivity contribution in [2.45, 2.75) is 0 Å². The lowest BCUT2D eigenvalue weighted by molar-refractivity contribution is 0.251. The predicted molar refractivity (Wildman–Crippen MR) is 80.6 cm³/mol. The maximum absolute atomic E-state index is 11.4. The number of fused-ring (bicyclic) bond motifs is 1. The number of phenols is 1. The minimum atomic E-state index is -0.544. The number of amides is 1. The van der Waals surface area contributed by atoms with Crippen LogP contribution in [0.2, 0.25) is 0 Å². The molecule has 0 saturated carbocycles. The summed E-state index contributed by atoms with van der Waals surface area (Å²) in [5, 5.41) is 10.9. The van der Waals surface area contributed by atoms with E-state index in [1.54, 1.807) is 43.6 Å². The summed E-state index contributed by atoms with van der Waals surface area (Å²) in [6, 6.07) is 11.8. The lowest BCUT2D eigenvalue weighted by atomic mass is 10.0. The Morgan fingerprint density at radius 2 is 2.00 bits per heavy atom. The number of nitrogens with two attached hydrogens (primary N) is 1. The third kappa shape index (κ3) is 2.08. The maximum atomic E-state index is 11.4. The van der Waals surface area contributed by atoms with Crippen LogP contribution in [0.5, 0.6) is 11.5 Å². The second-order valence-corrected chi connectivity index (χ2v) is 4.65. The number of aromatic hydroxyl groups is 1. The van der Waals surface area contributed by atoms with Gasteiger partial charge in [-0.2, -0.15) is 0 Å². The van der Waals surface area contributed by atoms with Gasteiger partial charge in [0.05, 0.1) is 12.6 Å². The second-order valence-electron chi connectivity index (χ2n) is 4.65. The molecule has 1 heterocycles. The van der Waals surface area contributed by atoms with Crippen molar-refractivity contribution >= 4 is 16.9 Å². The number of ether oxygens (including phenoxy) is 1. The quantitative estimate of drug-likeness (QED) is 0.758. The van der Waals surface area contributed by atoms with Gasteiger partial charge in [0.2, 0.25) is 0 Å². The van der Waals surface area contributed by atoms with Crippen LogP contribution in [0.1, 0.15) is 0 Å². The number of hydrogen-bond donors (Lipinski definition) is 2. The molecule has 1 aromatic heterocycles. The van der Waals surface area contributed by atoms with E-state index in [-0.39, 0.29) is 5.75 Å². The molecule has 2 aromatic carbocycles. The summed E-state index contributed by atoms with van der Waals surface area (Å²) in [4.78, 5) is 11.4. The fourth-order valence-corrected chi connectivity index (χ4v) is 2.45. The molecule has 0 fully saturated rings. The number of aromatic nitrogens is 1. The molecule has 21 heavy (non-hydrogen) atoms. The Balaban J connectivity index is 2.28. The van der Waals surface area contributed by atoms with Crippen LogP contribution >= 0.6 is 0 Å². The standard InChI is InChI=1S/C16H14N2O3/c1-21-10-5-6-15(19)13(9-10)11-3-2-4-14-12(11)7-8-18(14)16(17)20/h2-9,19H,1H3,(H2,17,20). The van der Waals surface area contributed by atoms with Crippen LogP contribution in [0.25, 0.3) is 22.0 Å². The summed E-state index contributed by atoms with van der Waals surface area (Å²) in [7, 11) is 1.57. The minimum Gasteiger partial charge on any atom is -0.507 e. The van der Waals surface area contributed by atoms with Crippen molar-refractivity contribution in [2.75, 3.05) is 7.11 Å². The molecule has 3 N–H and O–H groups in total. The van der Waals surface area contributed by atoms with Crippen LogP contribution < -0.4 is 10.5 Å². The molecule has 0 aliphatic rings. The number of nitrogens with zero attached hydrogens (tertiary/aromatic N) is 1. The lowest BCUT2D eigenvalue weighted by Gasteiger charge is -2.09. The van der Waals surface area contributed by atoms with E-state index in [2.05, 4.69) is 0 Å². The van der Waals surface area contributed by atoms with Gasteiger partial charge in [-0.1, -0.05) is 12.1 Å². The van der Waals surface area contributed by atoms with Crippen molar-refractivity contribution in [3.8, 4) is 22.6 Å². The zero-order chi connectivity index (χ0) is 15.0. The molecule has 1 amide bonds. The van der Waals surface area contributed by atoms with Gasteiger partial charge in [0.1, 0.15) is 11.5 Å². The summed E-state index contributed by atoms with van der Waals surface area (Å²) in [5.41, 5.74) is 7.49. The van der Waals surface area contributed by atoms with Crippen molar-refractivity contribution in [3.05, 3.63) is 48.7 Å². The van der Waals surface area contributed by atoms with Gasteiger partial charge in [0.25, 0.3) is 0 Å². The molecule has 3 aromatic rings. The molecular formula is C16H14N2O3. The average molecular weight is 282 g/mol. The highest BCUT2D eigenvalue weighted by Gasteiger charge is 2.13. The molecule has 5 heteroatoms. The Kier molecular flexibility index (Phi) is 3.02. The summed E-state index contributed by atoms with van der Waals surface area (Å²) in [6.45, 7) is 0. The van der Waals surface area contributed by atoms with Crippen LogP contribution in [0.4, 0.5) is 4.79 Å². The van der Waals surface area contributed by atoms with E-state index in [0.717, 1.165) is 10.9 Å². The monoisotopic (exact) mass is 282 g/mol. The number of phenolic OH excluding ortho intramolecular Hbond substituents is 1. The number of hydrogen-bond acceptors (Lipinski definition) is 3. The maximum Gasteiger partial charge on any atom is 0.323 e. The molecule has 0 aliphatic carbocycles. The number of benzene rings is 2. The van der Waals surface area contributed by atoms with E-state index in [0.29, 0.717) is 16.8 Å². The molecule has 0 spiro atoms. The predicted octanol–water partition coefficient (Wildman–Crippen LogP) is 2.95. The minimum absolute atomic E-state index is 0.148. The van der Waals surface area contributed by atoms with Gasteiger partial charge in [0.15, 0.2) is 0 Å². The van der Waals surface area contributed by atoms with Crippen molar-refractivity contribution in [1.82, 2.24) is 4.57 Å². The molecular weight excluding hydrogens is 268 g/mol. The molecule has 0 saturated heterocycles. The highest BCUT2D eigenvalue weighted by molar-refractivity contribution is 6.00. The SMILES string of the molecule is COc1ccc(O)c(-c2cccc3c2ccn3C(N)=O)c1. The Morgan fingerprint density at radius 1 is 1.19 bits per heavy atom. The third-order valence-corrected chi connectivity index (χ3v) is 3.46. The average Bonchev–Trinajstić information content (AvgIpc) is 2.92. The molecule has 0 unspecified atom stereocenters. The number of methoxy groups -OCH3 is 1. The first kappa shape index (κ1) is 13.1. The summed E-state index contributed by atoms with van der Waals surface area (Å²) < 4.78 is 6.57. The van der Waals surface area contributed by atoms with Gasteiger partial charge in [0, 0.05) is 17.1 Å². The lowest BCUT2D eigenvalue weighted by Crippen LogP contribution is -2.17. The van der Waals surface area contributed by atoms with Gasteiger partial charge in [-0.05, 0) is 35.9 Å². The zero-order valence-electron chi connectivity index (χ0n) is 11.4. The normalized spacial score (nSPS) is 10.7. The number of primary amides is 1. The van der Waals surface area contributed by atoms with Crippen LogP contribution in [0.15, 0.2) is 48.7 Å². The van der Waals surface area contributed by atoms with Crippen molar-refractivity contribution in [3.63, 3.8) is 0 Å². The van der Waals surface area contributed by atoms with Gasteiger partial charge < -0.3 is 15.6 Å². The topological polar surface area (TPSA) is 77.5 Å². The van der Waals surface area contributed by atoms with Crippen LogP contribution in [0, 0.1) is 0 Å². The summed E-state index contributed by atoms with van der Waals surface area (Å²) in [5.74, 6) is 0.796. The van der Waals surface area contributed by atoms with Crippen LogP contribution in [-0.4, -0.2) is 22.8 Å². The Morgan fingerprint density at radius 3 is 2.71 bits per heavy atom. The third-order valence-electron chi connectivity index (χ3n) is 3.46. The summed E-state index contributed by atoms with van der Waals surface area (Å²) in [6.07, 6.45) is 1.62. The van der Waals surface area contributed by atoms with Gasteiger partial charge in [-0.15, -0.1) is 0 Å². The highest BCUT2D eigenvalue weighted by Crippen LogP contribution is 2.37. The Hall–Kier alpha value is -2.95. The number of carbonyl (C=O) groups is 1. The van der Waals surface area contributed by atoms with Crippen LogP contribution in [0.3, 0.4) is 0 Å². The van der Waals surface area contributed by atoms with E-state index >= 15 is 0 Å². The first-order chi connectivity index (χ1) is 10.1. The van der Waals surface area contributed by atoms with E-state index < -0.39 is 6.03 Å². The van der Waals surface area contributed by atoms with Crippen molar-refractivity contribution in [1.29, 1.82) is 0 Å². The molecule has 0 atom stereocenters.